The Balaban J connectivity index is 1.74. The summed E-state index contributed by atoms with van der Waals surface area (Å²) in [6.45, 7) is 0.780. The molecule has 0 aromatic heterocycles. The molecule has 0 radical (unpaired) electrons. The first-order valence-corrected chi connectivity index (χ1v) is 9.66. The molecule has 2 heterocycles. The molecule has 0 saturated carbocycles. The van der Waals surface area contributed by atoms with Crippen molar-refractivity contribution in [3.8, 4) is 0 Å². The van der Waals surface area contributed by atoms with Crippen molar-refractivity contribution in [3.05, 3.63) is 106 Å². The van der Waals surface area contributed by atoms with Crippen molar-refractivity contribution in [3.63, 3.8) is 0 Å². The summed E-state index contributed by atoms with van der Waals surface area (Å²) >= 11 is 6.10. The fourth-order valence-corrected chi connectivity index (χ4v) is 4.60. The molecule has 0 aliphatic carbocycles. The van der Waals surface area contributed by atoms with Gasteiger partial charge in [-0.1, -0.05) is 41.9 Å². The molecule has 5 rings (SSSR count). The quantitative estimate of drug-likeness (QED) is 0.637. The van der Waals surface area contributed by atoms with Crippen molar-refractivity contribution in [2.24, 2.45) is 0 Å². The molecule has 4 nitrogen and oxygen atoms in total. The third-order valence-electron chi connectivity index (χ3n) is 5.69. The van der Waals surface area contributed by atoms with Crippen LogP contribution in [-0.4, -0.2) is 34.7 Å². The average Bonchev–Trinajstić information content (AvgIpc) is 3.25. The summed E-state index contributed by atoms with van der Waals surface area (Å²) in [7, 11) is 0. The van der Waals surface area contributed by atoms with Crippen molar-refractivity contribution in [2.75, 3.05) is 13.1 Å². The zero-order chi connectivity index (χ0) is 20.2. The van der Waals surface area contributed by atoms with Crippen LogP contribution < -0.4 is 0 Å². The molecular formula is C23H16ClFN2O2. The summed E-state index contributed by atoms with van der Waals surface area (Å²) in [4.78, 5) is 30.1. The molecule has 2 aliphatic rings. The Morgan fingerprint density at radius 1 is 0.931 bits per heavy atom. The Bertz CT molecular complexity index is 1130. The van der Waals surface area contributed by atoms with E-state index in [2.05, 4.69) is 0 Å². The molecule has 3 aromatic rings. The van der Waals surface area contributed by atoms with Gasteiger partial charge in [-0.2, -0.15) is 0 Å². The van der Waals surface area contributed by atoms with Gasteiger partial charge in [0, 0.05) is 40.4 Å². The predicted octanol–water partition coefficient (Wildman–Crippen LogP) is 4.29. The summed E-state index contributed by atoms with van der Waals surface area (Å²) in [5.41, 5.74) is 1.45. The van der Waals surface area contributed by atoms with E-state index in [9.17, 15) is 14.0 Å². The molecule has 29 heavy (non-hydrogen) atoms. The van der Waals surface area contributed by atoms with Crippen LogP contribution >= 0.6 is 11.6 Å². The highest BCUT2D eigenvalue weighted by Gasteiger charge is 2.59. The summed E-state index contributed by atoms with van der Waals surface area (Å²) in [6, 6.07) is 20.0. The lowest BCUT2D eigenvalue weighted by molar-refractivity contribution is 0.0375. The third kappa shape index (κ3) is 2.44. The first kappa shape index (κ1) is 17.9. The van der Waals surface area contributed by atoms with Crippen LogP contribution in [0.3, 0.4) is 0 Å². The SMILES string of the molecule is O=C(c1ccc(F)cc1)N1CCN2C(=O)c3ccccc3[C@@]12c1ccc(Cl)cc1. The summed E-state index contributed by atoms with van der Waals surface area (Å²) in [5.74, 6) is -0.768. The van der Waals surface area contributed by atoms with Crippen molar-refractivity contribution in [2.45, 2.75) is 5.66 Å². The molecule has 0 spiro atoms. The highest BCUT2D eigenvalue weighted by atomic mass is 35.5. The molecule has 6 heteroatoms. The second-order valence-electron chi connectivity index (χ2n) is 7.15. The lowest BCUT2D eigenvalue weighted by Crippen LogP contribution is -2.51. The zero-order valence-electron chi connectivity index (χ0n) is 15.3. The van der Waals surface area contributed by atoms with E-state index in [-0.39, 0.29) is 11.8 Å². The largest absolute Gasteiger partial charge is 0.306 e. The van der Waals surface area contributed by atoms with Crippen molar-refractivity contribution >= 4 is 23.4 Å². The van der Waals surface area contributed by atoms with Crippen LogP contribution in [0.5, 0.6) is 0 Å². The Kier molecular flexibility index (Phi) is 3.96. The van der Waals surface area contributed by atoms with Gasteiger partial charge in [0.25, 0.3) is 11.8 Å². The van der Waals surface area contributed by atoms with Crippen LogP contribution in [-0.2, 0) is 5.66 Å². The predicted molar refractivity (Wildman–Crippen MR) is 107 cm³/mol. The number of carbonyl (C=O) groups excluding carboxylic acids is 2. The number of nitrogens with zero attached hydrogens (tertiary/aromatic N) is 2. The number of fused-ring (bicyclic) bond motifs is 3. The average molecular weight is 407 g/mol. The molecule has 144 valence electrons. The Labute approximate surface area is 172 Å². The number of carbonyl (C=O) groups is 2. The minimum atomic E-state index is -1.05. The van der Waals surface area contributed by atoms with Crippen LogP contribution in [0, 0.1) is 5.82 Å². The van der Waals surface area contributed by atoms with Gasteiger partial charge in [-0.05, 0) is 42.5 Å². The molecular weight excluding hydrogens is 391 g/mol. The van der Waals surface area contributed by atoms with Gasteiger partial charge in [0.15, 0.2) is 5.66 Å². The maximum Gasteiger partial charge on any atom is 0.256 e. The van der Waals surface area contributed by atoms with Gasteiger partial charge in [0.1, 0.15) is 5.82 Å². The maximum atomic E-state index is 13.5. The van der Waals surface area contributed by atoms with E-state index >= 15 is 0 Å². The molecule has 2 aliphatic heterocycles. The number of rotatable bonds is 2. The fourth-order valence-electron chi connectivity index (χ4n) is 4.47. The van der Waals surface area contributed by atoms with Crippen LogP contribution in [0.15, 0.2) is 72.8 Å². The zero-order valence-corrected chi connectivity index (χ0v) is 16.1. The van der Waals surface area contributed by atoms with Gasteiger partial charge < -0.3 is 9.80 Å². The maximum absolute atomic E-state index is 13.5. The normalized spacial score (nSPS) is 20.0. The third-order valence-corrected chi connectivity index (χ3v) is 5.94. The minimum Gasteiger partial charge on any atom is -0.306 e. The summed E-state index contributed by atoms with van der Waals surface area (Å²) in [6.07, 6.45) is 0. The molecule has 1 saturated heterocycles. The molecule has 0 bridgehead atoms. The van der Waals surface area contributed by atoms with E-state index in [1.165, 1.54) is 24.3 Å². The van der Waals surface area contributed by atoms with Crippen LogP contribution in [0.4, 0.5) is 4.39 Å². The second-order valence-corrected chi connectivity index (χ2v) is 7.58. The van der Waals surface area contributed by atoms with Gasteiger partial charge >= 0.3 is 0 Å². The van der Waals surface area contributed by atoms with E-state index in [1.807, 2.05) is 30.3 Å². The van der Waals surface area contributed by atoms with Gasteiger partial charge in [0.2, 0.25) is 0 Å². The summed E-state index contributed by atoms with van der Waals surface area (Å²) < 4.78 is 13.4. The van der Waals surface area contributed by atoms with Crippen LogP contribution in [0.1, 0.15) is 31.8 Å². The number of amides is 2. The summed E-state index contributed by atoms with van der Waals surface area (Å²) in [5, 5.41) is 0.573. The topological polar surface area (TPSA) is 40.6 Å². The van der Waals surface area contributed by atoms with E-state index in [0.29, 0.717) is 29.2 Å². The molecule has 1 atom stereocenters. The van der Waals surface area contributed by atoms with Crippen molar-refractivity contribution in [1.82, 2.24) is 9.80 Å². The number of halogens is 2. The van der Waals surface area contributed by atoms with Gasteiger partial charge in [0.05, 0.1) is 0 Å². The van der Waals surface area contributed by atoms with Crippen molar-refractivity contribution < 1.29 is 14.0 Å². The first-order valence-electron chi connectivity index (χ1n) is 9.28. The molecule has 2 amide bonds. The lowest BCUT2D eigenvalue weighted by Gasteiger charge is -2.40. The highest BCUT2D eigenvalue weighted by Crippen LogP contribution is 2.50. The van der Waals surface area contributed by atoms with E-state index in [0.717, 1.165) is 11.1 Å². The van der Waals surface area contributed by atoms with Gasteiger partial charge in [-0.3, -0.25) is 9.59 Å². The van der Waals surface area contributed by atoms with Crippen molar-refractivity contribution in [1.29, 1.82) is 0 Å². The number of hydrogen-bond acceptors (Lipinski definition) is 2. The van der Waals surface area contributed by atoms with Gasteiger partial charge in [-0.25, -0.2) is 4.39 Å². The van der Waals surface area contributed by atoms with E-state index < -0.39 is 11.5 Å². The number of hydrogen-bond donors (Lipinski definition) is 0. The van der Waals surface area contributed by atoms with Gasteiger partial charge in [-0.15, -0.1) is 0 Å². The fraction of sp³-hybridized carbons (Fsp3) is 0.130. The second kappa shape index (κ2) is 6.42. The molecule has 1 fully saturated rings. The molecule has 3 aromatic carbocycles. The Morgan fingerprint density at radius 3 is 2.34 bits per heavy atom. The van der Waals surface area contributed by atoms with Crippen LogP contribution in [0.2, 0.25) is 5.02 Å². The smallest absolute Gasteiger partial charge is 0.256 e. The molecule has 0 N–H and O–H groups in total. The Hall–Kier alpha value is -3.18. The van der Waals surface area contributed by atoms with E-state index in [1.54, 1.807) is 28.0 Å². The highest BCUT2D eigenvalue weighted by molar-refractivity contribution is 6.30. The van der Waals surface area contributed by atoms with Crippen LogP contribution in [0.25, 0.3) is 0 Å². The lowest BCUT2D eigenvalue weighted by atomic mass is 9.89. The monoisotopic (exact) mass is 406 g/mol. The minimum absolute atomic E-state index is 0.107. The number of benzene rings is 3. The first-order chi connectivity index (χ1) is 14.0. The van der Waals surface area contributed by atoms with E-state index in [4.69, 9.17) is 11.6 Å². The standard InChI is InChI=1S/C23H16ClFN2O2/c24-17-9-7-16(8-10-17)23-20-4-2-1-3-19(20)22(29)27(23)14-13-26(23)21(28)15-5-11-18(25)12-6-15/h1-12H,13-14H2/t23-/m0/s1. The Morgan fingerprint density at radius 2 is 1.62 bits per heavy atom. The molecule has 0 unspecified atom stereocenters.